The van der Waals surface area contributed by atoms with E-state index in [4.69, 9.17) is 4.52 Å². The van der Waals surface area contributed by atoms with Crippen molar-refractivity contribution in [1.29, 1.82) is 0 Å². The van der Waals surface area contributed by atoms with Gasteiger partial charge in [0, 0.05) is 16.9 Å². The van der Waals surface area contributed by atoms with Crippen LogP contribution in [-0.2, 0) is 12.2 Å². The van der Waals surface area contributed by atoms with E-state index in [2.05, 4.69) is 17.1 Å². The number of carbonyl (C=O) groups is 1. The number of carbonyl (C=O) groups excluding carboxylic acids is 1. The summed E-state index contributed by atoms with van der Waals surface area (Å²) in [6, 6.07) is 7.57. The first-order chi connectivity index (χ1) is 9.19. The zero-order valence-electron chi connectivity index (χ0n) is 11.0. The van der Waals surface area contributed by atoms with Crippen LogP contribution in [0.4, 0.5) is 0 Å². The SMILES string of the molecule is CCCc1nc(CSc2cccc(C(C)=O)c2)no1. The Morgan fingerprint density at radius 2 is 2.26 bits per heavy atom. The van der Waals surface area contributed by atoms with Crippen LogP contribution in [0.1, 0.15) is 42.3 Å². The third kappa shape index (κ3) is 3.92. The van der Waals surface area contributed by atoms with Gasteiger partial charge in [-0.2, -0.15) is 4.98 Å². The molecule has 0 atom stereocenters. The lowest BCUT2D eigenvalue weighted by Gasteiger charge is -2.00. The number of ketones is 1. The molecule has 0 saturated carbocycles. The highest BCUT2D eigenvalue weighted by molar-refractivity contribution is 7.98. The summed E-state index contributed by atoms with van der Waals surface area (Å²) in [6.45, 7) is 3.64. The van der Waals surface area contributed by atoms with Crippen molar-refractivity contribution >= 4 is 17.5 Å². The van der Waals surface area contributed by atoms with Crippen molar-refractivity contribution in [3.05, 3.63) is 41.5 Å². The van der Waals surface area contributed by atoms with E-state index in [1.807, 2.05) is 24.3 Å². The molecule has 2 rings (SSSR count). The van der Waals surface area contributed by atoms with Crippen LogP contribution in [0.5, 0.6) is 0 Å². The molecule has 0 saturated heterocycles. The fourth-order valence-corrected chi connectivity index (χ4v) is 2.42. The van der Waals surface area contributed by atoms with E-state index in [1.165, 1.54) is 0 Å². The van der Waals surface area contributed by atoms with Gasteiger partial charge in [0.1, 0.15) is 0 Å². The molecule has 1 aromatic heterocycles. The molecule has 0 aliphatic heterocycles. The molecular formula is C14H16N2O2S. The van der Waals surface area contributed by atoms with Crippen molar-refractivity contribution in [3.8, 4) is 0 Å². The number of aryl methyl sites for hydroxylation is 1. The Morgan fingerprint density at radius 1 is 1.42 bits per heavy atom. The van der Waals surface area contributed by atoms with E-state index in [0.717, 1.165) is 23.3 Å². The maximum Gasteiger partial charge on any atom is 0.226 e. The maximum atomic E-state index is 11.3. The first-order valence-corrected chi connectivity index (χ1v) is 7.23. The number of hydrogen-bond acceptors (Lipinski definition) is 5. The molecule has 0 spiro atoms. The van der Waals surface area contributed by atoms with Gasteiger partial charge in [-0.25, -0.2) is 0 Å². The van der Waals surface area contributed by atoms with Gasteiger partial charge in [-0.1, -0.05) is 24.2 Å². The van der Waals surface area contributed by atoms with Crippen LogP contribution in [0.15, 0.2) is 33.7 Å². The van der Waals surface area contributed by atoms with Crippen LogP contribution in [0.3, 0.4) is 0 Å². The van der Waals surface area contributed by atoms with Gasteiger partial charge < -0.3 is 4.52 Å². The van der Waals surface area contributed by atoms with Gasteiger partial charge in [0.2, 0.25) is 5.89 Å². The third-order valence-corrected chi connectivity index (χ3v) is 3.57. The fraction of sp³-hybridized carbons (Fsp3) is 0.357. The van der Waals surface area contributed by atoms with E-state index in [-0.39, 0.29) is 5.78 Å². The minimum Gasteiger partial charge on any atom is -0.339 e. The molecule has 2 aromatic rings. The number of hydrogen-bond donors (Lipinski definition) is 0. The maximum absolute atomic E-state index is 11.3. The highest BCUT2D eigenvalue weighted by atomic mass is 32.2. The molecule has 0 bridgehead atoms. The van der Waals surface area contributed by atoms with Gasteiger partial charge in [0.25, 0.3) is 0 Å². The molecule has 1 aromatic carbocycles. The first-order valence-electron chi connectivity index (χ1n) is 6.24. The average Bonchev–Trinajstić information content (AvgIpc) is 2.85. The summed E-state index contributed by atoms with van der Waals surface area (Å²) in [4.78, 5) is 16.6. The Hall–Kier alpha value is -1.62. The second-order valence-electron chi connectivity index (χ2n) is 4.23. The highest BCUT2D eigenvalue weighted by Gasteiger charge is 2.07. The number of rotatable bonds is 6. The van der Waals surface area contributed by atoms with E-state index >= 15 is 0 Å². The minimum atomic E-state index is 0.0762. The second-order valence-corrected chi connectivity index (χ2v) is 5.28. The lowest BCUT2D eigenvalue weighted by atomic mass is 10.2. The van der Waals surface area contributed by atoms with Gasteiger partial charge in [-0.05, 0) is 25.5 Å². The van der Waals surface area contributed by atoms with Crippen molar-refractivity contribution in [2.45, 2.75) is 37.3 Å². The Kier molecular flexibility index (Phi) is 4.74. The van der Waals surface area contributed by atoms with E-state index in [9.17, 15) is 4.79 Å². The van der Waals surface area contributed by atoms with Crippen LogP contribution in [0.25, 0.3) is 0 Å². The molecule has 0 unspecified atom stereocenters. The molecule has 1 heterocycles. The normalized spacial score (nSPS) is 10.6. The highest BCUT2D eigenvalue weighted by Crippen LogP contribution is 2.22. The molecule has 100 valence electrons. The summed E-state index contributed by atoms with van der Waals surface area (Å²) in [6.07, 6.45) is 1.81. The third-order valence-electron chi connectivity index (χ3n) is 2.58. The van der Waals surface area contributed by atoms with Crippen molar-refractivity contribution in [1.82, 2.24) is 10.1 Å². The lowest BCUT2D eigenvalue weighted by molar-refractivity contribution is 0.101. The number of thioether (sulfide) groups is 1. The van der Waals surface area contributed by atoms with Crippen molar-refractivity contribution < 1.29 is 9.32 Å². The predicted molar refractivity (Wildman–Crippen MR) is 74.3 cm³/mol. The zero-order valence-corrected chi connectivity index (χ0v) is 11.9. The van der Waals surface area contributed by atoms with E-state index < -0.39 is 0 Å². The van der Waals surface area contributed by atoms with E-state index in [1.54, 1.807) is 18.7 Å². The average molecular weight is 276 g/mol. The van der Waals surface area contributed by atoms with Crippen LogP contribution in [0.2, 0.25) is 0 Å². The Bertz CT molecular complexity index is 566. The summed E-state index contributed by atoms with van der Waals surface area (Å²) in [5, 5.41) is 3.93. The van der Waals surface area contributed by atoms with Crippen molar-refractivity contribution in [2.24, 2.45) is 0 Å². The molecule has 0 aliphatic carbocycles. The number of aromatic nitrogens is 2. The summed E-state index contributed by atoms with van der Waals surface area (Å²) >= 11 is 1.60. The monoisotopic (exact) mass is 276 g/mol. The smallest absolute Gasteiger partial charge is 0.226 e. The lowest BCUT2D eigenvalue weighted by Crippen LogP contribution is -1.91. The molecule has 0 aliphatic rings. The van der Waals surface area contributed by atoms with Crippen molar-refractivity contribution in [3.63, 3.8) is 0 Å². The van der Waals surface area contributed by atoms with Gasteiger partial charge >= 0.3 is 0 Å². The Labute approximate surface area is 116 Å². The number of benzene rings is 1. The van der Waals surface area contributed by atoms with Crippen LogP contribution in [0, 0.1) is 0 Å². The summed E-state index contributed by atoms with van der Waals surface area (Å²) < 4.78 is 5.13. The minimum absolute atomic E-state index is 0.0762. The molecule has 0 radical (unpaired) electrons. The van der Waals surface area contributed by atoms with Gasteiger partial charge in [0.15, 0.2) is 11.6 Å². The standard InChI is InChI=1S/C14H16N2O2S/c1-3-5-14-15-13(16-18-14)9-19-12-7-4-6-11(8-12)10(2)17/h4,6-8H,3,5,9H2,1-2H3. The van der Waals surface area contributed by atoms with Gasteiger partial charge in [-0.15, -0.1) is 11.8 Å². The summed E-state index contributed by atoms with van der Waals surface area (Å²) in [5.74, 6) is 2.11. The Morgan fingerprint density at radius 3 is 3.00 bits per heavy atom. The summed E-state index contributed by atoms with van der Waals surface area (Å²) in [7, 11) is 0. The predicted octanol–water partition coefficient (Wildman–Crippen LogP) is 3.52. The fourth-order valence-electron chi connectivity index (χ4n) is 1.62. The van der Waals surface area contributed by atoms with Crippen LogP contribution in [-0.4, -0.2) is 15.9 Å². The summed E-state index contributed by atoms with van der Waals surface area (Å²) in [5.41, 5.74) is 0.727. The largest absolute Gasteiger partial charge is 0.339 e. The molecule has 19 heavy (non-hydrogen) atoms. The quantitative estimate of drug-likeness (QED) is 0.597. The van der Waals surface area contributed by atoms with Crippen LogP contribution < -0.4 is 0 Å². The molecule has 5 heteroatoms. The van der Waals surface area contributed by atoms with Crippen LogP contribution >= 0.6 is 11.8 Å². The first kappa shape index (κ1) is 13.8. The van der Waals surface area contributed by atoms with Gasteiger partial charge in [-0.3, -0.25) is 4.79 Å². The van der Waals surface area contributed by atoms with Crippen molar-refractivity contribution in [2.75, 3.05) is 0 Å². The second kappa shape index (κ2) is 6.52. The molecular weight excluding hydrogens is 260 g/mol. The zero-order chi connectivity index (χ0) is 13.7. The number of Topliss-reactive ketones (excluding diaryl/α,β-unsaturated/α-hetero) is 1. The molecule has 0 N–H and O–H groups in total. The topological polar surface area (TPSA) is 56.0 Å². The number of nitrogens with zero attached hydrogens (tertiary/aromatic N) is 2. The molecule has 0 amide bonds. The van der Waals surface area contributed by atoms with Gasteiger partial charge in [0.05, 0.1) is 5.75 Å². The van der Waals surface area contributed by atoms with E-state index in [0.29, 0.717) is 17.5 Å². The molecule has 4 nitrogen and oxygen atoms in total. The Balaban J connectivity index is 1.97. The molecule has 0 fully saturated rings.